The lowest BCUT2D eigenvalue weighted by atomic mass is 9.72. The largest absolute Gasteiger partial charge is 0.484 e. The molecule has 3 rings (SSSR count). The summed E-state index contributed by atoms with van der Waals surface area (Å²) in [6, 6.07) is 17.0. The standard InChI is InChI=1S/C21H23NO3/c1-2-19(23)16-9-11-18(12-10-16)25-15-20(24)22-21(13-6-14-21)17-7-4-3-5-8-17/h3-5,7-12H,2,6,13-15H2,1H3,(H,22,24). The summed E-state index contributed by atoms with van der Waals surface area (Å²) in [5.74, 6) is 0.557. The van der Waals surface area contributed by atoms with E-state index in [2.05, 4.69) is 17.4 Å². The Morgan fingerprint density at radius 2 is 1.72 bits per heavy atom. The first-order chi connectivity index (χ1) is 12.1. The zero-order valence-corrected chi connectivity index (χ0v) is 14.5. The molecule has 2 aromatic carbocycles. The lowest BCUT2D eigenvalue weighted by Gasteiger charge is -2.43. The summed E-state index contributed by atoms with van der Waals surface area (Å²) in [5.41, 5.74) is 1.56. The van der Waals surface area contributed by atoms with E-state index < -0.39 is 0 Å². The Kier molecular flexibility index (Phi) is 5.17. The average Bonchev–Trinajstić information content (AvgIpc) is 2.63. The van der Waals surface area contributed by atoms with Gasteiger partial charge in [0.2, 0.25) is 0 Å². The number of ketones is 1. The topological polar surface area (TPSA) is 55.4 Å². The number of nitrogens with one attached hydrogen (secondary N) is 1. The van der Waals surface area contributed by atoms with Crippen LogP contribution in [0.2, 0.25) is 0 Å². The molecule has 130 valence electrons. The molecule has 1 saturated carbocycles. The molecular weight excluding hydrogens is 314 g/mol. The fraction of sp³-hybridized carbons (Fsp3) is 0.333. The number of rotatable bonds is 7. The monoisotopic (exact) mass is 337 g/mol. The van der Waals surface area contributed by atoms with Crippen molar-refractivity contribution >= 4 is 11.7 Å². The van der Waals surface area contributed by atoms with E-state index in [-0.39, 0.29) is 23.8 Å². The van der Waals surface area contributed by atoms with Crippen molar-refractivity contribution in [2.75, 3.05) is 6.61 Å². The molecule has 25 heavy (non-hydrogen) atoms. The van der Waals surface area contributed by atoms with Gasteiger partial charge in [0.1, 0.15) is 5.75 Å². The van der Waals surface area contributed by atoms with Crippen molar-refractivity contribution in [2.24, 2.45) is 0 Å². The third kappa shape index (κ3) is 3.90. The Morgan fingerprint density at radius 3 is 2.28 bits per heavy atom. The van der Waals surface area contributed by atoms with E-state index in [0.717, 1.165) is 24.8 Å². The first-order valence-corrected chi connectivity index (χ1v) is 8.75. The SMILES string of the molecule is CCC(=O)c1ccc(OCC(=O)NC2(c3ccccc3)CCC2)cc1. The van der Waals surface area contributed by atoms with Crippen LogP contribution in [0.25, 0.3) is 0 Å². The average molecular weight is 337 g/mol. The van der Waals surface area contributed by atoms with Gasteiger partial charge in [0, 0.05) is 12.0 Å². The molecule has 0 aromatic heterocycles. The summed E-state index contributed by atoms with van der Waals surface area (Å²) in [4.78, 5) is 23.9. The van der Waals surface area contributed by atoms with Gasteiger partial charge < -0.3 is 10.1 Å². The van der Waals surface area contributed by atoms with Crippen LogP contribution in [-0.2, 0) is 10.3 Å². The fourth-order valence-electron chi connectivity index (χ4n) is 3.17. The summed E-state index contributed by atoms with van der Waals surface area (Å²) in [6.45, 7) is 1.80. The van der Waals surface area contributed by atoms with Gasteiger partial charge in [0.05, 0.1) is 5.54 Å². The first kappa shape index (κ1) is 17.2. The van der Waals surface area contributed by atoms with Gasteiger partial charge >= 0.3 is 0 Å². The van der Waals surface area contributed by atoms with E-state index in [0.29, 0.717) is 17.7 Å². The Bertz CT molecular complexity index is 733. The summed E-state index contributed by atoms with van der Waals surface area (Å²) >= 11 is 0. The highest BCUT2D eigenvalue weighted by molar-refractivity contribution is 5.95. The van der Waals surface area contributed by atoms with Crippen LogP contribution in [-0.4, -0.2) is 18.3 Å². The van der Waals surface area contributed by atoms with Gasteiger partial charge in [-0.25, -0.2) is 0 Å². The van der Waals surface area contributed by atoms with E-state index in [1.165, 1.54) is 0 Å². The second-order valence-corrected chi connectivity index (χ2v) is 6.44. The number of Topliss-reactive ketones (excluding diaryl/α,β-unsaturated/α-hetero) is 1. The molecule has 0 atom stereocenters. The highest BCUT2D eigenvalue weighted by Gasteiger charge is 2.39. The molecule has 0 heterocycles. The second kappa shape index (κ2) is 7.51. The molecular formula is C21H23NO3. The molecule has 0 radical (unpaired) electrons. The quantitative estimate of drug-likeness (QED) is 0.781. The minimum absolute atomic E-state index is 0.0321. The lowest BCUT2D eigenvalue weighted by molar-refractivity contribution is -0.126. The Balaban J connectivity index is 1.57. The van der Waals surface area contributed by atoms with Crippen LogP contribution in [0, 0.1) is 0 Å². The molecule has 0 saturated heterocycles. The normalized spacial score (nSPS) is 15.1. The molecule has 0 spiro atoms. The van der Waals surface area contributed by atoms with Crippen LogP contribution < -0.4 is 10.1 Å². The summed E-state index contributed by atoms with van der Waals surface area (Å²) in [7, 11) is 0. The van der Waals surface area contributed by atoms with E-state index in [1.54, 1.807) is 24.3 Å². The van der Waals surface area contributed by atoms with E-state index >= 15 is 0 Å². The molecule has 1 N–H and O–H groups in total. The minimum Gasteiger partial charge on any atom is -0.484 e. The molecule has 4 heteroatoms. The van der Waals surface area contributed by atoms with E-state index in [4.69, 9.17) is 4.74 Å². The molecule has 0 unspecified atom stereocenters. The second-order valence-electron chi connectivity index (χ2n) is 6.44. The van der Waals surface area contributed by atoms with Crippen LogP contribution in [0.1, 0.15) is 48.5 Å². The Labute approximate surface area is 148 Å². The lowest BCUT2D eigenvalue weighted by Crippen LogP contribution is -2.52. The van der Waals surface area contributed by atoms with Crippen LogP contribution in [0.15, 0.2) is 54.6 Å². The van der Waals surface area contributed by atoms with Crippen molar-refractivity contribution in [3.8, 4) is 5.75 Å². The number of hydrogen-bond donors (Lipinski definition) is 1. The van der Waals surface area contributed by atoms with Gasteiger partial charge in [0.15, 0.2) is 12.4 Å². The zero-order valence-electron chi connectivity index (χ0n) is 14.5. The van der Waals surface area contributed by atoms with Crippen molar-refractivity contribution in [1.82, 2.24) is 5.32 Å². The van der Waals surface area contributed by atoms with Crippen LogP contribution >= 0.6 is 0 Å². The van der Waals surface area contributed by atoms with E-state index in [9.17, 15) is 9.59 Å². The Morgan fingerprint density at radius 1 is 1.04 bits per heavy atom. The summed E-state index contributed by atoms with van der Waals surface area (Å²) in [6.07, 6.45) is 3.50. The minimum atomic E-state index is -0.251. The number of carbonyl (C=O) groups is 2. The summed E-state index contributed by atoms with van der Waals surface area (Å²) < 4.78 is 5.56. The maximum Gasteiger partial charge on any atom is 0.258 e. The Hall–Kier alpha value is -2.62. The number of hydrogen-bond acceptors (Lipinski definition) is 3. The van der Waals surface area contributed by atoms with Crippen molar-refractivity contribution in [1.29, 1.82) is 0 Å². The van der Waals surface area contributed by atoms with Gasteiger partial charge in [-0.3, -0.25) is 9.59 Å². The smallest absolute Gasteiger partial charge is 0.258 e. The van der Waals surface area contributed by atoms with Gasteiger partial charge in [0.25, 0.3) is 5.91 Å². The highest BCUT2D eigenvalue weighted by Crippen LogP contribution is 2.41. The van der Waals surface area contributed by atoms with Crippen molar-refractivity contribution in [3.63, 3.8) is 0 Å². The van der Waals surface area contributed by atoms with Gasteiger partial charge in [-0.05, 0) is 49.1 Å². The molecule has 1 fully saturated rings. The number of amides is 1. The van der Waals surface area contributed by atoms with Crippen LogP contribution in [0.5, 0.6) is 5.75 Å². The predicted molar refractivity (Wildman–Crippen MR) is 96.7 cm³/mol. The highest BCUT2D eigenvalue weighted by atomic mass is 16.5. The van der Waals surface area contributed by atoms with Crippen LogP contribution in [0.3, 0.4) is 0 Å². The third-order valence-electron chi connectivity index (χ3n) is 4.78. The predicted octanol–water partition coefficient (Wildman–Crippen LogP) is 3.85. The van der Waals surface area contributed by atoms with E-state index in [1.807, 2.05) is 25.1 Å². The molecule has 1 aliphatic rings. The molecule has 0 aliphatic heterocycles. The van der Waals surface area contributed by atoms with Crippen LogP contribution in [0.4, 0.5) is 0 Å². The first-order valence-electron chi connectivity index (χ1n) is 8.75. The number of ether oxygens (including phenoxy) is 1. The van der Waals surface area contributed by atoms with Gasteiger partial charge in [-0.1, -0.05) is 37.3 Å². The molecule has 1 aliphatic carbocycles. The third-order valence-corrected chi connectivity index (χ3v) is 4.78. The summed E-state index contributed by atoms with van der Waals surface area (Å²) in [5, 5.41) is 3.14. The molecule has 4 nitrogen and oxygen atoms in total. The van der Waals surface area contributed by atoms with Gasteiger partial charge in [-0.15, -0.1) is 0 Å². The van der Waals surface area contributed by atoms with Crippen molar-refractivity contribution in [2.45, 2.75) is 38.1 Å². The van der Waals surface area contributed by atoms with Gasteiger partial charge in [-0.2, -0.15) is 0 Å². The molecule has 2 aromatic rings. The maximum atomic E-state index is 12.3. The number of carbonyl (C=O) groups excluding carboxylic acids is 2. The molecule has 0 bridgehead atoms. The number of benzene rings is 2. The maximum absolute atomic E-state index is 12.3. The molecule has 1 amide bonds. The van der Waals surface area contributed by atoms with Crippen molar-refractivity contribution < 1.29 is 14.3 Å². The fourth-order valence-corrected chi connectivity index (χ4v) is 3.17. The zero-order chi connectivity index (χ0) is 17.7. The van der Waals surface area contributed by atoms with Crippen molar-refractivity contribution in [3.05, 3.63) is 65.7 Å².